The average molecular weight is 257 g/mol. The molecule has 1 aliphatic heterocycles. The lowest BCUT2D eigenvalue weighted by Crippen LogP contribution is -2.28. The van der Waals surface area contributed by atoms with Gasteiger partial charge in [-0.2, -0.15) is 14.8 Å². The number of anilines is 1. The fourth-order valence-electron chi connectivity index (χ4n) is 2.81. The van der Waals surface area contributed by atoms with E-state index in [0.717, 1.165) is 30.7 Å². The van der Waals surface area contributed by atoms with Gasteiger partial charge in [0, 0.05) is 17.7 Å². The molecule has 1 aromatic rings. The lowest BCUT2D eigenvalue weighted by Gasteiger charge is -2.14. The quantitative estimate of drug-likeness (QED) is 0.823. The number of hydrogen-bond donors (Lipinski definition) is 1. The number of nitrogen functional groups attached to an aromatic ring is 1. The highest BCUT2D eigenvalue weighted by molar-refractivity contribution is 6.16. The standard InChI is InChI=1S/C13H15N5O/c14-11-6-10(7-4-5-7)17-18(11)13-15-9-3-1-2-8(9)12(19)16-13/h6-8H,1-5,14H2. The zero-order valence-corrected chi connectivity index (χ0v) is 10.5. The van der Waals surface area contributed by atoms with Crippen molar-refractivity contribution in [2.24, 2.45) is 15.9 Å². The van der Waals surface area contributed by atoms with Crippen LogP contribution in [0.5, 0.6) is 0 Å². The maximum atomic E-state index is 12.0. The van der Waals surface area contributed by atoms with Gasteiger partial charge in [0.2, 0.25) is 0 Å². The first kappa shape index (κ1) is 10.9. The first-order valence-electron chi connectivity index (χ1n) is 6.78. The molecule has 98 valence electrons. The number of carbonyl (C=O) groups is 1. The van der Waals surface area contributed by atoms with Crippen LogP contribution < -0.4 is 5.73 Å². The summed E-state index contributed by atoms with van der Waals surface area (Å²) >= 11 is 0. The van der Waals surface area contributed by atoms with E-state index in [0.29, 0.717) is 17.7 Å². The number of aliphatic imine (C=N–C) groups is 2. The highest BCUT2D eigenvalue weighted by Crippen LogP contribution is 2.39. The van der Waals surface area contributed by atoms with Crippen molar-refractivity contribution in [1.82, 2.24) is 9.78 Å². The third-order valence-electron chi connectivity index (χ3n) is 4.02. The van der Waals surface area contributed by atoms with E-state index in [4.69, 9.17) is 5.73 Å². The largest absolute Gasteiger partial charge is 0.383 e. The fraction of sp³-hybridized carbons (Fsp3) is 0.538. The summed E-state index contributed by atoms with van der Waals surface area (Å²) in [6, 6.07) is 1.87. The molecule has 2 heterocycles. The van der Waals surface area contributed by atoms with Crippen molar-refractivity contribution in [2.75, 3.05) is 5.73 Å². The number of nitrogens with zero attached hydrogens (tertiary/aromatic N) is 4. The first-order chi connectivity index (χ1) is 9.22. The molecule has 1 atom stereocenters. The SMILES string of the molecule is Nc1cc(C2CC2)nn1C1=NC(=O)C2CCCC2=N1. The molecule has 2 aliphatic carbocycles. The Bertz CT molecular complexity index is 623. The molecule has 0 radical (unpaired) electrons. The van der Waals surface area contributed by atoms with E-state index >= 15 is 0 Å². The van der Waals surface area contributed by atoms with Crippen LogP contribution in [-0.2, 0) is 4.79 Å². The Morgan fingerprint density at radius 1 is 1.26 bits per heavy atom. The summed E-state index contributed by atoms with van der Waals surface area (Å²) in [5.74, 6) is 1.18. The highest BCUT2D eigenvalue weighted by atomic mass is 16.1. The van der Waals surface area contributed by atoms with Gasteiger partial charge in [0.1, 0.15) is 5.82 Å². The zero-order valence-electron chi connectivity index (χ0n) is 10.5. The highest BCUT2D eigenvalue weighted by Gasteiger charge is 2.34. The van der Waals surface area contributed by atoms with E-state index < -0.39 is 0 Å². The van der Waals surface area contributed by atoms with E-state index in [1.165, 1.54) is 17.5 Å². The van der Waals surface area contributed by atoms with Crippen LogP contribution in [0.1, 0.15) is 43.7 Å². The minimum Gasteiger partial charge on any atom is -0.383 e. The summed E-state index contributed by atoms with van der Waals surface area (Å²) in [5.41, 5.74) is 7.89. The van der Waals surface area contributed by atoms with Crippen LogP contribution in [0.4, 0.5) is 5.82 Å². The van der Waals surface area contributed by atoms with E-state index in [2.05, 4.69) is 15.1 Å². The van der Waals surface area contributed by atoms with Crippen LogP contribution in [0.15, 0.2) is 16.1 Å². The van der Waals surface area contributed by atoms with Crippen LogP contribution in [0.25, 0.3) is 0 Å². The maximum Gasteiger partial charge on any atom is 0.257 e. The molecule has 1 amide bonds. The summed E-state index contributed by atoms with van der Waals surface area (Å²) in [6.45, 7) is 0. The average Bonchev–Trinajstić information content (AvgIpc) is 2.99. The predicted octanol–water partition coefficient (Wildman–Crippen LogP) is 1.33. The van der Waals surface area contributed by atoms with Crippen LogP contribution in [0.2, 0.25) is 0 Å². The Morgan fingerprint density at radius 2 is 2.11 bits per heavy atom. The van der Waals surface area contributed by atoms with Crippen molar-refractivity contribution in [3.05, 3.63) is 11.8 Å². The van der Waals surface area contributed by atoms with Crippen LogP contribution >= 0.6 is 0 Å². The van der Waals surface area contributed by atoms with Gasteiger partial charge < -0.3 is 5.73 Å². The lowest BCUT2D eigenvalue weighted by atomic mass is 10.1. The molecule has 3 aliphatic rings. The topological polar surface area (TPSA) is 85.6 Å². The molecule has 0 saturated heterocycles. The molecule has 2 N–H and O–H groups in total. The van der Waals surface area contributed by atoms with Gasteiger partial charge in [0.05, 0.1) is 11.6 Å². The van der Waals surface area contributed by atoms with Gasteiger partial charge in [-0.3, -0.25) is 4.79 Å². The second-order valence-corrected chi connectivity index (χ2v) is 5.48. The molecule has 0 spiro atoms. The number of rotatable bonds is 1. The van der Waals surface area contributed by atoms with E-state index in [1.807, 2.05) is 6.07 Å². The summed E-state index contributed by atoms with van der Waals surface area (Å²) in [5, 5.41) is 4.45. The molecule has 6 heteroatoms. The minimum atomic E-state index is -0.0969. The van der Waals surface area contributed by atoms with Gasteiger partial charge in [-0.05, 0) is 32.1 Å². The van der Waals surface area contributed by atoms with Gasteiger partial charge in [-0.15, -0.1) is 0 Å². The third kappa shape index (κ3) is 1.70. The molecular weight excluding hydrogens is 242 g/mol. The number of carbonyl (C=O) groups excluding carboxylic acids is 1. The second-order valence-electron chi connectivity index (χ2n) is 5.48. The zero-order chi connectivity index (χ0) is 13.0. The van der Waals surface area contributed by atoms with Crippen molar-refractivity contribution in [1.29, 1.82) is 0 Å². The minimum absolute atomic E-state index is 0.0940. The number of aromatic nitrogens is 2. The first-order valence-corrected chi connectivity index (χ1v) is 6.78. The summed E-state index contributed by atoms with van der Waals surface area (Å²) < 4.78 is 1.51. The van der Waals surface area contributed by atoms with Gasteiger partial charge in [0.25, 0.3) is 11.9 Å². The molecule has 1 aromatic heterocycles. The molecule has 2 saturated carbocycles. The van der Waals surface area contributed by atoms with Crippen molar-refractivity contribution in [3.8, 4) is 0 Å². The van der Waals surface area contributed by atoms with E-state index in [9.17, 15) is 4.79 Å². The maximum absolute atomic E-state index is 12.0. The van der Waals surface area contributed by atoms with Crippen molar-refractivity contribution in [2.45, 2.75) is 38.0 Å². The fourth-order valence-corrected chi connectivity index (χ4v) is 2.81. The number of hydrogen-bond acceptors (Lipinski definition) is 4. The summed E-state index contributed by atoms with van der Waals surface area (Å²) in [4.78, 5) is 20.5. The molecule has 4 rings (SSSR count). The van der Waals surface area contributed by atoms with Crippen molar-refractivity contribution < 1.29 is 4.79 Å². The Hall–Kier alpha value is -1.98. The van der Waals surface area contributed by atoms with Crippen molar-refractivity contribution >= 4 is 23.4 Å². The van der Waals surface area contributed by atoms with Crippen LogP contribution in [0.3, 0.4) is 0 Å². The van der Waals surface area contributed by atoms with Gasteiger partial charge >= 0.3 is 0 Å². The molecule has 0 aromatic carbocycles. The third-order valence-corrected chi connectivity index (χ3v) is 4.02. The van der Waals surface area contributed by atoms with Crippen LogP contribution in [-0.4, -0.2) is 27.4 Å². The number of nitrogens with two attached hydrogens (primary N) is 1. The molecule has 6 nitrogen and oxygen atoms in total. The lowest BCUT2D eigenvalue weighted by molar-refractivity contribution is -0.119. The van der Waals surface area contributed by atoms with E-state index in [-0.39, 0.29) is 11.8 Å². The van der Waals surface area contributed by atoms with Crippen molar-refractivity contribution in [3.63, 3.8) is 0 Å². The van der Waals surface area contributed by atoms with E-state index in [1.54, 1.807) is 0 Å². The van der Waals surface area contributed by atoms with Gasteiger partial charge in [-0.1, -0.05) is 0 Å². The molecule has 0 bridgehead atoms. The summed E-state index contributed by atoms with van der Waals surface area (Å²) in [7, 11) is 0. The Balaban J connectivity index is 1.74. The smallest absolute Gasteiger partial charge is 0.257 e. The Labute approximate surface area is 110 Å². The molecule has 1 unspecified atom stereocenters. The number of amides is 1. The Kier molecular flexibility index (Phi) is 2.15. The summed E-state index contributed by atoms with van der Waals surface area (Å²) in [6.07, 6.45) is 5.10. The molecule has 19 heavy (non-hydrogen) atoms. The van der Waals surface area contributed by atoms with Gasteiger partial charge in [-0.25, -0.2) is 4.99 Å². The molecular formula is C13H15N5O. The monoisotopic (exact) mass is 257 g/mol. The van der Waals surface area contributed by atoms with Gasteiger partial charge in [0.15, 0.2) is 0 Å². The normalized spacial score (nSPS) is 26.1. The van der Waals surface area contributed by atoms with Crippen LogP contribution in [0, 0.1) is 5.92 Å². The second kappa shape index (κ2) is 3.76. The predicted molar refractivity (Wildman–Crippen MR) is 71.2 cm³/mol. The number of fused-ring (bicyclic) bond motifs is 1. The molecule has 2 fully saturated rings. The Morgan fingerprint density at radius 3 is 2.89 bits per heavy atom.